The van der Waals surface area contributed by atoms with Gasteiger partial charge >= 0.3 is 0 Å². The number of rotatable bonds is 6. The third-order valence-corrected chi connectivity index (χ3v) is 4.05. The predicted octanol–water partition coefficient (Wildman–Crippen LogP) is 4.43. The maximum absolute atomic E-state index is 11.6. The molecule has 0 spiro atoms. The molecule has 3 N–H and O–H groups in total. The third-order valence-electron chi connectivity index (χ3n) is 3.05. The number of amidine groups is 1. The lowest BCUT2D eigenvalue weighted by Crippen LogP contribution is -2.20. The maximum Gasteiger partial charge on any atom is 0.263 e. The summed E-state index contributed by atoms with van der Waals surface area (Å²) in [5.74, 6) is 0.171. The first-order valence-electron chi connectivity index (χ1n) is 8.12. The van der Waals surface area contributed by atoms with Crippen LogP contribution in [-0.4, -0.2) is 27.8 Å². The van der Waals surface area contributed by atoms with Crippen LogP contribution in [0.15, 0.2) is 83.1 Å². The first kappa shape index (κ1) is 21.3. The van der Waals surface area contributed by atoms with E-state index in [2.05, 4.69) is 29.0 Å². The minimum absolute atomic E-state index is 0.125. The summed E-state index contributed by atoms with van der Waals surface area (Å²) in [6.07, 6.45) is 8.77. The van der Waals surface area contributed by atoms with Gasteiger partial charge < -0.3 is 15.5 Å². The molecule has 26 heavy (non-hydrogen) atoms. The molecule has 0 unspecified atom stereocenters. The third kappa shape index (κ3) is 8.94. The van der Waals surface area contributed by atoms with Gasteiger partial charge in [-0.05, 0) is 49.2 Å². The molecule has 0 saturated carbocycles. The Morgan fingerprint density at radius 2 is 2.08 bits per heavy atom. The van der Waals surface area contributed by atoms with Crippen molar-refractivity contribution in [1.29, 1.82) is 0 Å². The van der Waals surface area contributed by atoms with Crippen LogP contribution >= 0.6 is 11.8 Å². The van der Waals surface area contributed by atoms with Crippen LogP contribution in [0.1, 0.15) is 18.9 Å². The summed E-state index contributed by atoms with van der Waals surface area (Å²) in [6.45, 7) is 5.61. The van der Waals surface area contributed by atoms with E-state index in [1.54, 1.807) is 19.1 Å². The molecule has 138 valence electrons. The molecular weight excluding hydrogens is 348 g/mol. The van der Waals surface area contributed by atoms with Crippen LogP contribution in [0.5, 0.6) is 0 Å². The zero-order chi connectivity index (χ0) is 19.2. The molecule has 0 aromatic heterocycles. The van der Waals surface area contributed by atoms with Crippen molar-refractivity contribution in [3.63, 3.8) is 0 Å². The summed E-state index contributed by atoms with van der Waals surface area (Å²) in [4.78, 5) is 16.7. The Balaban J connectivity index is 0.000000487. The number of carbonyl (C=O) groups excluding carboxylic acids is 1. The van der Waals surface area contributed by atoms with Gasteiger partial charge in [-0.1, -0.05) is 49.1 Å². The molecule has 1 aromatic carbocycles. The Hall–Kier alpha value is -2.73. The molecule has 1 heterocycles. The van der Waals surface area contributed by atoms with Gasteiger partial charge in [0.25, 0.3) is 5.91 Å². The van der Waals surface area contributed by atoms with Crippen LogP contribution < -0.4 is 5.32 Å². The van der Waals surface area contributed by atoms with E-state index in [-0.39, 0.29) is 5.91 Å². The molecule has 1 aliphatic heterocycles. The Morgan fingerprint density at radius 1 is 1.35 bits per heavy atom. The summed E-state index contributed by atoms with van der Waals surface area (Å²) >= 11 is 1.34. The van der Waals surface area contributed by atoms with Crippen LogP contribution in [0, 0.1) is 0 Å². The van der Waals surface area contributed by atoms with Crippen molar-refractivity contribution in [3.8, 4) is 0 Å². The average Bonchev–Trinajstić information content (AvgIpc) is 2.96. The van der Waals surface area contributed by atoms with E-state index in [4.69, 9.17) is 10.2 Å². The first-order valence-corrected chi connectivity index (χ1v) is 8.93. The van der Waals surface area contributed by atoms with Crippen molar-refractivity contribution in [2.24, 2.45) is 4.99 Å². The number of hydrogen-bond donors (Lipinski definition) is 3. The molecule has 1 aromatic rings. The number of nitrogens with zero attached hydrogens (tertiary/aromatic N) is 1. The second kappa shape index (κ2) is 12.6. The van der Waals surface area contributed by atoms with Crippen molar-refractivity contribution in [2.45, 2.75) is 19.8 Å². The number of benzene rings is 1. The molecule has 1 aliphatic rings. The predicted molar refractivity (Wildman–Crippen MR) is 109 cm³/mol. The highest BCUT2D eigenvalue weighted by atomic mass is 32.2. The topological polar surface area (TPSA) is 81.9 Å². The van der Waals surface area contributed by atoms with Gasteiger partial charge in [0.1, 0.15) is 0 Å². The number of thioether (sulfide) groups is 1. The van der Waals surface area contributed by atoms with Gasteiger partial charge in [0.05, 0.1) is 16.9 Å². The van der Waals surface area contributed by atoms with E-state index < -0.39 is 0 Å². The number of carbonyl (C=O) groups is 1. The number of aliphatic hydroxyl groups excluding tert-OH is 2. The monoisotopic (exact) mass is 372 g/mol. The number of nitrogens with one attached hydrogen (secondary N) is 1. The molecule has 0 radical (unpaired) electrons. The Kier molecular flexibility index (Phi) is 10.3. The summed E-state index contributed by atoms with van der Waals surface area (Å²) in [5.41, 5.74) is 1.23. The van der Waals surface area contributed by atoms with Crippen LogP contribution in [-0.2, 0) is 11.2 Å². The average molecular weight is 372 g/mol. The lowest BCUT2D eigenvalue weighted by Gasteiger charge is -1.98. The number of allylic oxidation sites excluding steroid dienone is 5. The van der Waals surface area contributed by atoms with Gasteiger partial charge in [-0.2, -0.15) is 0 Å². The van der Waals surface area contributed by atoms with Gasteiger partial charge in [0.15, 0.2) is 5.17 Å². The molecule has 2 rings (SSSR count). The Labute approximate surface area is 158 Å². The largest absolute Gasteiger partial charge is 0.516 e. The molecule has 1 amide bonds. The fraction of sp³-hybridized carbons (Fsp3) is 0.200. The van der Waals surface area contributed by atoms with Crippen molar-refractivity contribution < 1.29 is 15.0 Å². The summed E-state index contributed by atoms with van der Waals surface area (Å²) in [5, 5.41) is 20.3. The molecule has 1 fully saturated rings. The van der Waals surface area contributed by atoms with Gasteiger partial charge in [0.2, 0.25) is 0 Å². The fourth-order valence-corrected chi connectivity index (χ4v) is 2.71. The zero-order valence-electron chi connectivity index (χ0n) is 14.8. The van der Waals surface area contributed by atoms with Gasteiger partial charge in [-0.25, -0.2) is 0 Å². The number of amides is 1. The number of aliphatic imine (C=N–C) groups is 1. The molecule has 0 bridgehead atoms. The quantitative estimate of drug-likeness (QED) is 0.392. The minimum atomic E-state index is -0.125. The van der Waals surface area contributed by atoms with E-state index in [0.717, 1.165) is 12.7 Å². The molecule has 0 atom stereocenters. The highest BCUT2D eigenvalue weighted by Crippen LogP contribution is 2.23. The Bertz CT molecular complexity index is 703. The second-order valence-electron chi connectivity index (χ2n) is 5.21. The van der Waals surface area contributed by atoms with Crippen molar-refractivity contribution in [3.05, 3.63) is 83.7 Å². The minimum Gasteiger partial charge on any atom is -0.516 e. The Morgan fingerprint density at radius 3 is 2.65 bits per heavy atom. The highest BCUT2D eigenvalue weighted by Gasteiger charge is 2.22. The summed E-state index contributed by atoms with van der Waals surface area (Å²) in [6, 6.07) is 10.1. The van der Waals surface area contributed by atoms with Crippen molar-refractivity contribution >= 4 is 22.8 Å². The summed E-state index contributed by atoms with van der Waals surface area (Å²) in [7, 11) is 0. The van der Waals surface area contributed by atoms with Crippen molar-refractivity contribution in [2.75, 3.05) is 6.54 Å². The van der Waals surface area contributed by atoms with Crippen molar-refractivity contribution in [1.82, 2.24) is 5.32 Å². The maximum atomic E-state index is 11.6. The molecule has 6 heteroatoms. The van der Waals surface area contributed by atoms with Crippen LogP contribution in [0.25, 0.3) is 0 Å². The van der Waals surface area contributed by atoms with Crippen LogP contribution in [0.3, 0.4) is 0 Å². The van der Waals surface area contributed by atoms with Gasteiger partial charge in [0, 0.05) is 6.54 Å². The smallest absolute Gasteiger partial charge is 0.263 e. The van der Waals surface area contributed by atoms with E-state index >= 15 is 0 Å². The number of hydrogen-bond acceptors (Lipinski definition) is 5. The lowest BCUT2D eigenvalue weighted by molar-refractivity contribution is -0.115. The molecule has 1 saturated heterocycles. The SMILES string of the molecule is C=C/C=C(\C)O.O=C1NC(=NCCc2ccccc2)S/C1=C\C/C=C/O. The molecule has 5 nitrogen and oxygen atoms in total. The van der Waals surface area contributed by atoms with Gasteiger partial charge in [-0.3, -0.25) is 9.79 Å². The number of aliphatic hydroxyl groups is 2. The summed E-state index contributed by atoms with van der Waals surface area (Å²) < 4.78 is 0. The van der Waals surface area contributed by atoms with E-state index in [1.807, 2.05) is 18.2 Å². The van der Waals surface area contributed by atoms with Crippen LogP contribution in [0.2, 0.25) is 0 Å². The second-order valence-corrected chi connectivity index (χ2v) is 6.24. The van der Waals surface area contributed by atoms with E-state index in [1.165, 1.54) is 29.5 Å². The fourth-order valence-electron chi connectivity index (χ4n) is 1.88. The van der Waals surface area contributed by atoms with Gasteiger partial charge in [-0.15, -0.1) is 0 Å². The standard InChI is InChI=1S/C15H16N2O2S.C5H8O/c18-11-5-4-8-13-14(19)17-15(20-13)16-10-9-12-6-2-1-3-7-12;1-3-4-5(2)6/h1-3,5-8,11,18H,4,9-10H2,(H,16,17,19);3-4,6H,1H2,2H3/b11-5+,13-8-;5-4+. The van der Waals surface area contributed by atoms with Crippen LogP contribution in [0.4, 0.5) is 0 Å². The van der Waals surface area contributed by atoms with E-state index in [0.29, 0.717) is 28.8 Å². The lowest BCUT2D eigenvalue weighted by atomic mass is 10.2. The van der Waals surface area contributed by atoms with E-state index in [9.17, 15) is 4.79 Å². The first-order chi connectivity index (χ1) is 12.6. The molecular formula is C20H24N2O3S. The normalized spacial score (nSPS) is 17.3. The molecule has 0 aliphatic carbocycles. The highest BCUT2D eigenvalue weighted by molar-refractivity contribution is 8.18. The zero-order valence-corrected chi connectivity index (χ0v) is 15.6.